The van der Waals surface area contributed by atoms with Crippen molar-refractivity contribution in [3.05, 3.63) is 22.7 Å². The van der Waals surface area contributed by atoms with Crippen molar-refractivity contribution in [1.29, 1.82) is 0 Å². The number of ether oxygens (including phenoxy) is 2. The molecule has 1 rings (SSSR count). The molecule has 1 aromatic rings. The Hall–Kier alpha value is -0.970. The fraction of sp³-hybridized carbons (Fsp3) is 0.571. The molecule has 0 unspecified atom stereocenters. The lowest BCUT2D eigenvalue weighted by Crippen LogP contribution is -2.20. The van der Waals surface area contributed by atoms with Gasteiger partial charge in [-0.1, -0.05) is 18.5 Å². The summed E-state index contributed by atoms with van der Waals surface area (Å²) in [6, 6.07) is 3.69. The molecule has 0 aliphatic heterocycles. The van der Waals surface area contributed by atoms with E-state index in [2.05, 4.69) is 17.1 Å². The Morgan fingerprint density at radius 1 is 1.32 bits per heavy atom. The molecule has 0 radical (unpaired) electrons. The number of likely N-dealkylation sites (N-methyl/N-ethyl adjacent to an activating group) is 1. The van der Waals surface area contributed by atoms with Crippen LogP contribution in [0.4, 0.5) is 0 Å². The zero-order valence-corrected chi connectivity index (χ0v) is 12.9. The largest absolute Gasteiger partial charge is 0.493 e. The Morgan fingerprint density at radius 2 is 2.05 bits per heavy atom. The maximum atomic E-state index is 6.09. The number of nitrogens with zero attached hydrogens (tertiary/aromatic N) is 1. The van der Waals surface area contributed by atoms with Crippen molar-refractivity contribution in [2.24, 2.45) is 0 Å². The average Bonchev–Trinajstić information content (AvgIpc) is 2.37. The number of halogens is 1. The van der Waals surface area contributed by atoms with Crippen molar-refractivity contribution in [3.63, 3.8) is 0 Å². The van der Waals surface area contributed by atoms with Crippen LogP contribution in [0, 0.1) is 0 Å². The predicted octanol–water partition coefficient (Wildman–Crippen LogP) is 2.40. The molecule has 0 aromatic heterocycles. The fourth-order valence-corrected chi connectivity index (χ4v) is 1.89. The van der Waals surface area contributed by atoms with Crippen molar-refractivity contribution in [2.75, 3.05) is 40.9 Å². The summed E-state index contributed by atoms with van der Waals surface area (Å²) in [6.45, 7) is 5.14. The third-order valence-corrected chi connectivity index (χ3v) is 2.89. The zero-order valence-electron chi connectivity index (χ0n) is 12.1. The van der Waals surface area contributed by atoms with Crippen LogP contribution in [0.1, 0.15) is 12.5 Å². The first-order valence-corrected chi connectivity index (χ1v) is 6.81. The average molecular weight is 287 g/mol. The van der Waals surface area contributed by atoms with Crippen LogP contribution in [0.2, 0.25) is 5.02 Å². The maximum absolute atomic E-state index is 6.09. The van der Waals surface area contributed by atoms with Gasteiger partial charge >= 0.3 is 0 Å². The van der Waals surface area contributed by atoms with E-state index < -0.39 is 0 Å². The molecule has 5 heteroatoms. The van der Waals surface area contributed by atoms with Gasteiger partial charge in [0.2, 0.25) is 0 Å². The van der Waals surface area contributed by atoms with Gasteiger partial charge in [0.05, 0.1) is 7.11 Å². The van der Waals surface area contributed by atoms with Crippen LogP contribution in [0.15, 0.2) is 12.1 Å². The summed E-state index contributed by atoms with van der Waals surface area (Å²) in [4.78, 5) is 2.08. The second kappa shape index (κ2) is 8.25. The quantitative estimate of drug-likeness (QED) is 0.796. The molecule has 0 aliphatic carbocycles. The van der Waals surface area contributed by atoms with Gasteiger partial charge in [-0.05, 0) is 26.7 Å². The van der Waals surface area contributed by atoms with Gasteiger partial charge in [-0.2, -0.15) is 0 Å². The molecule has 0 amide bonds. The van der Waals surface area contributed by atoms with Crippen LogP contribution in [-0.4, -0.2) is 45.8 Å². The molecule has 0 saturated heterocycles. The monoisotopic (exact) mass is 286 g/mol. The summed E-state index contributed by atoms with van der Waals surface area (Å²) in [6.07, 6.45) is 0. The highest BCUT2D eigenvalue weighted by Crippen LogP contribution is 2.34. The van der Waals surface area contributed by atoms with E-state index in [9.17, 15) is 0 Å². The molecule has 1 aromatic carbocycles. The second-order valence-electron chi connectivity index (χ2n) is 4.53. The van der Waals surface area contributed by atoms with E-state index in [-0.39, 0.29) is 0 Å². The van der Waals surface area contributed by atoms with Crippen LogP contribution in [-0.2, 0) is 6.54 Å². The first-order valence-electron chi connectivity index (χ1n) is 6.43. The molecule has 0 aliphatic rings. The zero-order chi connectivity index (χ0) is 14.3. The first kappa shape index (κ1) is 16.1. The molecule has 0 spiro atoms. The minimum absolute atomic E-state index is 0.615. The van der Waals surface area contributed by atoms with Crippen LogP contribution in [0.25, 0.3) is 0 Å². The summed E-state index contributed by atoms with van der Waals surface area (Å²) in [5, 5.41) is 3.94. The third-order valence-electron chi connectivity index (χ3n) is 2.67. The minimum atomic E-state index is 0.615. The Kier molecular flexibility index (Phi) is 6.99. The van der Waals surface area contributed by atoms with Crippen LogP contribution in [0.5, 0.6) is 11.5 Å². The minimum Gasteiger partial charge on any atom is -0.493 e. The molecule has 108 valence electrons. The number of rotatable bonds is 8. The van der Waals surface area contributed by atoms with E-state index in [0.29, 0.717) is 23.9 Å². The predicted molar refractivity (Wildman–Crippen MR) is 79.4 cm³/mol. The molecular formula is C14H23ClN2O2. The van der Waals surface area contributed by atoms with Crippen LogP contribution >= 0.6 is 11.6 Å². The Balaban J connectivity index is 2.88. The van der Waals surface area contributed by atoms with Gasteiger partial charge in [-0.3, -0.25) is 0 Å². The van der Waals surface area contributed by atoms with E-state index in [4.69, 9.17) is 21.1 Å². The normalized spacial score (nSPS) is 10.8. The molecule has 0 bridgehead atoms. The highest BCUT2D eigenvalue weighted by molar-refractivity contribution is 6.30. The smallest absolute Gasteiger partial charge is 0.165 e. The van der Waals surface area contributed by atoms with Gasteiger partial charge in [0, 0.05) is 29.7 Å². The molecule has 1 N–H and O–H groups in total. The summed E-state index contributed by atoms with van der Waals surface area (Å²) in [5.74, 6) is 1.45. The van der Waals surface area contributed by atoms with E-state index in [1.807, 2.05) is 20.2 Å². The van der Waals surface area contributed by atoms with Crippen molar-refractivity contribution in [1.82, 2.24) is 10.2 Å². The number of methoxy groups -OCH3 is 1. The highest BCUT2D eigenvalue weighted by Gasteiger charge is 2.12. The molecule has 4 nitrogen and oxygen atoms in total. The molecule has 0 atom stereocenters. The second-order valence-corrected chi connectivity index (χ2v) is 4.96. The van der Waals surface area contributed by atoms with Crippen molar-refractivity contribution in [3.8, 4) is 11.5 Å². The topological polar surface area (TPSA) is 33.7 Å². The first-order chi connectivity index (χ1) is 9.08. The van der Waals surface area contributed by atoms with E-state index in [0.717, 1.165) is 24.4 Å². The standard InChI is InChI=1S/C14H23ClN2O2/c1-5-16-10-11-8-12(15)9-13(18-4)14(11)19-7-6-17(2)3/h8-9,16H,5-7,10H2,1-4H3. The van der Waals surface area contributed by atoms with Crippen molar-refractivity contribution >= 4 is 11.6 Å². The molecule has 0 saturated carbocycles. The van der Waals surface area contributed by atoms with Gasteiger partial charge in [0.15, 0.2) is 11.5 Å². The maximum Gasteiger partial charge on any atom is 0.165 e. The van der Waals surface area contributed by atoms with Gasteiger partial charge in [0.1, 0.15) is 6.61 Å². The van der Waals surface area contributed by atoms with Crippen LogP contribution in [0.3, 0.4) is 0 Å². The van der Waals surface area contributed by atoms with E-state index in [1.54, 1.807) is 13.2 Å². The summed E-state index contributed by atoms with van der Waals surface area (Å²) in [7, 11) is 5.66. The Morgan fingerprint density at radius 3 is 2.63 bits per heavy atom. The van der Waals surface area contributed by atoms with Crippen molar-refractivity contribution < 1.29 is 9.47 Å². The summed E-state index contributed by atoms with van der Waals surface area (Å²) >= 11 is 6.09. The Labute approximate surface area is 120 Å². The van der Waals surface area contributed by atoms with Gasteiger partial charge in [-0.25, -0.2) is 0 Å². The van der Waals surface area contributed by atoms with E-state index >= 15 is 0 Å². The molecular weight excluding hydrogens is 264 g/mol. The van der Waals surface area contributed by atoms with Crippen LogP contribution < -0.4 is 14.8 Å². The van der Waals surface area contributed by atoms with Gasteiger partial charge in [0.25, 0.3) is 0 Å². The summed E-state index contributed by atoms with van der Waals surface area (Å²) < 4.78 is 11.2. The van der Waals surface area contributed by atoms with Gasteiger partial charge < -0.3 is 19.7 Å². The highest BCUT2D eigenvalue weighted by atomic mass is 35.5. The lowest BCUT2D eigenvalue weighted by Gasteiger charge is -2.17. The third kappa shape index (κ3) is 5.27. The lowest BCUT2D eigenvalue weighted by atomic mass is 10.2. The van der Waals surface area contributed by atoms with Gasteiger partial charge in [-0.15, -0.1) is 0 Å². The Bertz CT molecular complexity index is 397. The van der Waals surface area contributed by atoms with Crippen molar-refractivity contribution in [2.45, 2.75) is 13.5 Å². The molecule has 0 heterocycles. The molecule has 19 heavy (non-hydrogen) atoms. The molecule has 0 fully saturated rings. The fourth-order valence-electron chi connectivity index (χ4n) is 1.66. The SMILES string of the molecule is CCNCc1cc(Cl)cc(OC)c1OCCN(C)C. The van der Waals surface area contributed by atoms with E-state index in [1.165, 1.54) is 0 Å². The lowest BCUT2D eigenvalue weighted by molar-refractivity contribution is 0.248. The number of hydrogen-bond acceptors (Lipinski definition) is 4. The number of benzene rings is 1. The summed E-state index contributed by atoms with van der Waals surface area (Å²) in [5.41, 5.74) is 1.02. The number of hydrogen-bond donors (Lipinski definition) is 1. The number of nitrogens with one attached hydrogen (secondary N) is 1.